The van der Waals surface area contributed by atoms with Gasteiger partial charge in [0.1, 0.15) is 0 Å². The first kappa shape index (κ1) is 8.98. The van der Waals surface area contributed by atoms with Gasteiger partial charge in [-0.05, 0) is 13.0 Å². The monoisotopic (exact) mass is 96.0 g/mol. The first-order valence-corrected chi connectivity index (χ1v) is 1.62. The normalized spacial score (nSPS) is 6.00. The molecule has 0 aromatic carbocycles. The van der Waals surface area contributed by atoms with Gasteiger partial charge in [-0.3, -0.25) is 0 Å². The van der Waals surface area contributed by atoms with Gasteiger partial charge in [0, 0.05) is 0 Å². The van der Waals surface area contributed by atoms with Crippen molar-refractivity contribution in [1.82, 2.24) is 0 Å². The Morgan fingerprint density at radius 1 is 1.60 bits per heavy atom. The van der Waals surface area contributed by atoms with Crippen molar-refractivity contribution in [3.63, 3.8) is 0 Å². The van der Waals surface area contributed by atoms with Crippen molar-refractivity contribution in [2.24, 2.45) is 5.73 Å². The van der Waals surface area contributed by atoms with E-state index in [-0.39, 0.29) is 12.4 Å². The topological polar surface area (TPSA) is 26.0 Å². The maximum atomic E-state index is 5.03. The van der Waals surface area contributed by atoms with Crippen molar-refractivity contribution in [3.05, 3.63) is 0 Å². The molecule has 0 aliphatic rings. The van der Waals surface area contributed by atoms with Crippen molar-refractivity contribution < 1.29 is 0 Å². The van der Waals surface area contributed by atoms with Crippen LogP contribution in [0.4, 0.5) is 0 Å². The summed E-state index contributed by atoms with van der Waals surface area (Å²) in [4.78, 5) is 0. The minimum Gasteiger partial charge on any atom is -0.330 e. The number of rotatable bonds is 1. The molecule has 0 aromatic heterocycles. The molecule has 0 saturated heterocycles. The van der Waals surface area contributed by atoms with E-state index in [9.17, 15) is 0 Å². The predicted molar refractivity (Wildman–Crippen MR) is 26.6 cm³/mol. The molecule has 0 aliphatic carbocycles. The molecule has 0 fully saturated rings. The van der Waals surface area contributed by atoms with Crippen molar-refractivity contribution >= 4 is 12.4 Å². The average molecular weight is 96.6 g/mol. The molecule has 0 atom stereocenters. The Hall–Kier alpha value is 0.250. The summed E-state index contributed by atoms with van der Waals surface area (Å²) in [5.41, 5.74) is 5.03. The molecule has 2 heteroatoms. The molecule has 0 amide bonds. The van der Waals surface area contributed by atoms with E-state index in [1.54, 1.807) is 0 Å². The van der Waals surface area contributed by atoms with Crippen LogP contribution < -0.4 is 5.73 Å². The Kier molecular flexibility index (Phi) is 15.9. The molecule has 0 spiro atoms. The quantitative estimate of drug-likeness (QED) is 0.480. The zero-order valence-electron chi connectivity index (χ0n) is 3.40. The summed E-state index contributed by atoms with van der Waals surface area (Å²) in [6.45, 7) is 2.88. The van der Waals surface area contributed by atoms with Crippen LogP contribution in [-0.4, -0.2) is 6.54 Å². The van der Waals surface area contributed by atoms with Gasteiger partial charge < -0.3 is 5.73 Å². The van der Waals surface area contributed by atoms with Crippen LogP contribution in [0.2, 0.25) is 0 Å². The maximum absolute atomic E-state index is 5.03. The molecule has 34 valence electrons. The van der Waals surface area contributed by atoms with E-state index in [0.29, 0.717) is 0 Å². The van der Waals surface area contributed by atoms with Gasteiger partial charge >= 0.3 is 0 Å². The van der Waals surface area contributed by atoms with Crippen molar-refractivity contribution in [3.8, 4) is 0 Å². The van der Waals surface area contributed by atoms with E-state index >= 15 is 0 Å². The first-order valence-electron chi connectivity index (χ1n) is 1.62. The van der Waals surface area contributed by atoms with Gasteiger partial charge in [-0.2, -0.15) is 0 Å². The Morgan fingerprint density at radius 3 is 1.80 bits per heavy atom. The third-order valence-electron chi connectivity index (χ3n) is 0.289. The van der Waals surface area contributed by atoms with E-state index < -0.39 is 0 Å². The minimum atomic E-state index is 0. The summed E-state index contributed by atoms with van der Waals surface area (Å²) in [6, 6.07) is 0. The largest absolute Gasteiger partial charge is 0.330 e. The summed E-state index contributed by atoms with van der Waals surface area (Å²) in [5.74, 6) is 0. The lowest BCUT2D eigenvalue weighted by molar-refractivity contribution is 0.932. The van der Waals surface area contributed by atoms with Crippen molar-refractivity contribution in [2.45, 2.75) is 13.3 Å². The molecule has 1 nitrogen and oxygen atoms in total. The number of nitrogens with two attached hydrogens (primary N) is 1. The van der Waals surface area contributed by atoms with Gasteiger partial charge in [-0.25, -0.2) is 0 Å². The van der Waals surface area contributed by atoms with Crippen LogP contribution in [0.25, 0.3) is 0 Å². The molecule has 0 unspecified atom stereocenters. The Morgan fingerprint density at radius 2 is 1.80 bits per heavy atom. The molecule has 0 saturated carbocycles. The lowest BCUT2D eigenvalue weighted by Gasteiger charge is -1.70. The third kappa shape index (κ3) is 13.8. The van der Waals surface area contributed by atoms with Crippen LogP contribution in [0.15, 0.2) is 0 Å². The Bertz CT molecular complexity index is 8.85. The summed E-state index contributed by atoms with van der Waals surface area (Å²) in [7, 11) is 0. The highest BCUT2D eigenvalue weighted by Gasteiger charge is 1.55. The van der Waals surface area contributed by atoms with Gasteiger partial charge in [-0.15, -0.1) is 12.4 Å². The van der Waals surface area contributed by atoms with E-state index in [4.69, 9.17) is 5.73 Å². The molecular weight excluding hydrogens is 86.5 g/mol. The number of hydrogen-bond acceptors (Lipinski definition) is 1. The standard InChI is InChI=1S/C3H9N.ClH/c1-2-3-4;/h2-4H2,1H3;1H/i4+1;. The van der Waals surface area contributed by atoms with E-state index in [2.05, 4.69) is 6.92 Å². The fraction of sp³-hybridized carbons (Fsp3) is 1.00. The van der Waals surface area contributed by atoms with Crippen molar-refractivity contribution in [2.75, 3.05) is 6.54 Å². The molecule has 0 bridgehead atoms. The Labute approximate surface area is 39.0 Å². The first-order chi connectivity index (χ1) is 1.91. The Balaban J connectivity index is 0. The van der Waals surface area contributed by atoms with Crippen LogP contribution in [-0.2, 0) is 0 Å². The summed E-state index contributed by atoms with van der Waals surface area (Å²) < 4.78 is 0. The fourth-order valence-electron chi connectivity index (χ4n) is 0. The van der Waals surface area contributed by atoms with E-state index in [1.807, 2.05) is 0 Å². The van der Waals surface area contributed by atoms with Gasteiger partial charge in [0.25, 0.3) is 0 Å². The number of halogens is 1. The van der Waals surface area contributed by atoms with Crippen LogP contribution >= 0.6 is 12.4 Å². The zero-order chi connectivity index (χ0) is 3.41. The fourth-order valence-corrected chi connectivity index (χ4v) is 0. The van der Waals surface area contributed by atoms with Crippen molar-refractivity contribution in [1.29, 1.82) is 0 Å². The highest BCUT2D eigenvalue weighted by molar-refractivity contribution is 5.85. The molecular formula is C3H10ClN. The molecule has 0 aliphatic heterocycles. The van der Waals surface area contributed by atoms with E-state index in [0.717, 1.165) is 13.0 Å². The second-order valence-electron chi connectivity index (χ2n) is 0.789. The maximum Gasteiger partial charge on any atom is -0.00799 e. The highest BCUT2D eigenvalue weighted by Crippen LogP contribution is 1.57. The summed E-state index contributed by atoms with van der Waals surface area (Å²) in [5, 5.41) is 0. The molecule has 2 N–H and O–H groups in total. The smallest absolute Gasteiger partial charge is 0.00799 e. The van der Waals surface area contributed by atoms with Crippen LogP contribution in [0.3, 0.4) is 0 Å². The summed E-state index contributed by atoms with van der Waals surface area (Å²) >= 11 is 0. The highest BCUT2D eigenvalue weighted by atomic mass is 35.5. The average Bonchev–Trinajstić information content (AvgIpc) is 1.37. The lowest BCUT2D eigenvalue weighted by atomic mass is 10.5. The van der Waals surface area contributed by atoms with Crippen LogP contribution in [0.5, 0.6) is 0 Å². The van der Waals surface area contributed by atoms with Gasteiger partial charge in [0.05, 0.1) is 0 Å². The number of hydrogen-bond donors (Lipinski definition) is 1. The second-order valence-corrected chi connectivity index (χ2v) is 0.789. The molecule has 0 radical (unpaired) electrons. The molecule has 5 heavy (non-hydrogen) atoms. The zero-order valence-corrected chi connectivity index (χ0v) is 4.22. The summed E-state index contributed by atoms with van der Waals surface area (Å²) in [6.07, 6.45) is 1.10. The third-order valence-corrected chi connectivity index (χ3v) is 0.289. The van der Waals surface area contributed by atoms with Gasteiger partial charge in [0.2, 0.25) is 0 Å². The second kappa shape index (κ2) is 8.87. The predicted octanol–water partition coefficient (Wildman–Crippen LogP) is 0.777. The van der Waals surface area contributed by atoms with Gasteiger partial charge in [0.15, 0.2) is 0 Å². The molecule has 0 heterocycles. The molecule has 0 aromatic rings. The minimum absolute atomic E-state index is 0. The van der Waals surface area contributed by atoms with Crippen LogP contribution in [0, 0.1) is 0 Å². The SMILES string of the molecule is CCC[15NH2].Cl. The van der Waals surface area contributed by atoms with Gasteiger partial charge in [-0.1, -0.05) is 6.92 Å². The lowest BCUT2D eigenvalue weighted by Crippen LogP contribution is -1.93. The molecule has 0 rings (SSSR count). The van der Waals surface area contributed by atoms with Crippen LogP contribution in [0.1, 0.15) is 13.3 Å². The van der Waals surface area contributed by atoms with E-state index in [1.165, 1.54) is 0 Å².